The lowest BCUT2D eigenvalue weighted by Crippen LogP contribution is -2.29. The highest BCUT2D eigenvalue weighted by Crippen LogP contribution is 2.39. The average molecular weight is 370 g/mol. The van der Waals surface area contributed by atoms with E-state index in [1.54, 1.807) is 54.6 Å². The van der Waals surface area contributed by atoms with Gasteiger partial charge in [0.15, 0.2) is 5.78 Å². The molecule has 0 spiro atoms. The molecule has 4 aromatic rings. The van der Waals surface area contributed by atoms with Crippen LogP contribution in [0.2, 0.25) is 0 Å². The number of hydrogen-bond acceptors (Lipinski definition) is 4. The Labute approximate surface area is 158 Å². The van der Waals surface area contributed by atoms with Gasteiger partial charge < -0.3 is 4.74 Å². The molecule has 0 fully saturated rings. The molecule has 6 heteroatoms. The standard InChI is InChI=1S/C22H14N2O4/c1-28-13-6-4-5-12(11-13)24-22(27)17-10-9-16-18(19(17)21(26)23-24)14-7-2-3-8-15(14)20(16)25/h2-11H,1H3,(H,23,26). The highest BCUT2D eigenvalue weighted by molar-refractivity contribution is 6.25. The maximum absolute atomic E-state index is 13.1. The van der Waals surface area contributed by atoms with Crippen LogP contribution in [0.4, 0.5) is 0 Å². The summed E-state index contributed by atoms with van der Waals surface area (Å²) in [7, 11) is 1.53. The van der Waals surface area contributed by atoms with Crippen LogP contribution in [0.1, 0.15) is 15.9 Å². The lowest BCUT2D eigenvalue weighted by atomic mass is 9.99. The third-order valence-electron chi connectivity index (χ3n) is 5.08. The van der Waals surface area contributed by atoms with Crippen molar-refractivity contribution in [1.29, 1.82) is 0 Å². The summed E-state index contributed by atoms with van der Waals surface area (Å²) in [5, 5.41) is 3.14. The van der Waals surface area contributed by atoms with Gasteiger partial charge in [-0.1, -0.05) is 30.3 Å². The second-order valence-corrected chi connectivity index (χ2v) is 6.57. The monoisotopic (exact) mass is 370 g/mol. The fourth-order valence-electron chi connectivity index (χ4n) is 3.79. The summed E-state index contributed by atoms with van der Waals surface area (Å²) in [6, 6.07) is 17.2. The Bertz CT molecular complexity index is 1410. The molecule has 0 bridgehead atoms. The Morgan fingerprint density at radius 2 is 1.64 bits per heavy atom. The van der Waals surface area contributed by atoms with Crippen LogP contribution in [0.5, 0.6) is 5.75 Å². The molecule has 0 amide bonds. The molecule has 1 heterocycles. The van der Waals surface area contributed by atoms with E-state index < -0.39 is 5.56 Å². The first-order valence-electron chi connectivity index (χ1n) is 8.70. The van der Waals surface area contributed by atoms with Gasteiger partial charge in [0, 0.05) is 22.8 Å². The normalized spacial score (nSPS) is 12.1. The van der Waals surface area contributed by atoms with E-state index >= 15 is 0 Å². The fraction of sp³-hybridized carbons (Fsp3) is 0.0455. The predicted octanol–water partition coefficient (Wildman–Crippen LogP) is 2.90. The lowest BCUT2D eigenvalue weighted by molar-refractivity contribution is 0.104. The van der Waals surface area contributed by atoms with Crippen molar-refractivity contribution in [2.75, 3.05) is 7.11 Å². The van der Waals surface area contributed by atoms with Crippen molar-refractivity contribution in [1.82, 2.24) is 9.78 Å². The Hall–Kier alpha value is -3.93. The van der Waals surface area contributed by atoms with Gasteiger partial charge in [0.25, 0.3) is 11.1 Å². The molecule has 0 atom stereocenters. The van der Waals surface area contributed by atoms with Crippen molar-refractivity contribution < 1.29 is 9.53 Å². The zero-order valence-corrected chi connectivity index (χ0v) is 14.9. The molecule has 136 valence electrons. The summed E-state index contributed by atoms with van der Waals surface area (Å²) in [4.78, 5) is 38.8. The molecule has 0 unspecified atom stereocenters. The topological polar surface area (TPSA) is 81.2 Å². The zero-order chi connectivity index (χ0) is 19.4. The van der Waals surface area contributed by atoms with Gasteiger partial charge in [0.2, 0.25) is 0 Å². The molecule has 28 heavy (non-hydrogen) atoms. The molecule has 0 saturated heterocycles. The zero-order valence-electron chi connectivity index (χ0n) is 14.9. The first kappa shape index (κ1) is 16.3. The molecule has 0 radical (unpaired) electrons. The number of nitrogens with one attached hydrogen (secondary N) is 1. The van der Waals surface area contributed by atoms with Crippen LogP contribution < -0.4 is 15.9 Å². The van der Waals surface area contributed by atoms with Gasteiger partial charge >= 0.3 is 0 Å². The third kappa shape index (κ3) is 2.11. The minimum atomic E-state index is -0.432. The number of aromatic nitrogens is 2. The summed E-state index contributed by atoms with van der Waals surface area (Å²) >= 11 is 0. The molecule has 0 saturated carbocycles. The van der Waals surface area contributed by atoms with E-state index in [4.69, 9.17) is 4.74 Å². The number of H-pyrrole nitrogens is 1. The van der Waals surface area contributed by atoms with Crippen molar-refractivity contribution in [2.24, 2.45) is 0 Å². The average Bonchev–Trinajstić information content (AvgIpc) is 3.03. The van der Waals surface area contributed by atoms with Gasteiger partial charge in [-0.05, 0) is 29.8 Å². The number of nitrogens with zero attached hydrogens (tertiary/aromatic N) is 1. The van der Waals surface area contributed by atoms with Gasteiger partial charge in [0.1, 0.15) is 5.75 Å². The van der Waals surface area contributed by atoms with Crippen molar-refractivity contribution in [3.05, 3.63) is 92.5 Å². The van der Waals surface area contributed by atoms with E-state index in [0.29, 0.717) is 33.7 Å². The smallest absolute Gasteiger partial charge is 0.277 e. The van der Waals surface area contributed by atoms with Crippen molar-refractivity contribution in [3.63, 3.8) is 0 Å². The fourth-order valence-corrected chi connectivity index (χ4v) is 3.79. The van der Waals surface area contributed by atoms with E-state index in [0.717, 1.165) is 0 Å². The van der Waals surface area contributed by atoms with E-state index in [2.05, 4.69) is 5.10 Å². The molecule has 1 aliphatic carbocycles. The van der Waals surface area contributed by atoms with Crippen molar-refractivity contribution >= 4 is 16.6 Å². The summed E-state index contributed by atoms with van der Waals surface area (Å²) < 4.78 is 6.40. The Kier molecular flexibility index (Phi) is 3.36. The van der Waals surface area contributed by atoms with Gasteiger partial charge in [-0.2, -0.15) is 0 Å². The Morgan fingerprint density at radius 3 is 2.43 bits per heavy atom. The highest BCUT2D eigenvalue weighted by atomic mass is 16.5. The van der Waals surface area contributed by atoms with Crippen molar-refractivity contribution in [2.45, 2.75) is 0 Å². The molecule has 0 aliphatic heterocycles. The van der Waals surface area contributed by atoms with Crippen LogP contribution in [0.25, 0.3) is 27.6 Å². The minimum Gasteiger partial charge on any atom is -0.497 e. The summed E-state index contributed by atoms with van der Waals surface area (Å²) in [5.74, 6) is 0.433. The van der Waals surface area contributed by atoms with Crippen LogP contribution in [-0.2, 0) is 0 Å². The number of fused-ring (bicyclic) bond motifs is 5. The first-order valence-corrected chi connectivity index (χ1v) is 8.70. The van der Waals surface area contributed by atoms with Gasteiger partial charge in [-0.3, -0.25) is 19.5 Å². The third-order valence-corrected chi connectivity index (χ3v) is 5.08. The summed E-state index contributed by atoms with van der Waals surface area (Å²) in [5.41, 5.74) is 1.87. The van der Waals surface area contributed by atoms with E-state index in [9.17, 15) is 14.4 Å². The number of carbonyl (C=O) groups excluding carboxylic acids is 1. The SMILES string of the molecule is COc1cccc(-n2[nH]c(=O)c3c4c(ccc3c2=O)C(=O)c2ccccc2-4)c1. The lowest BCUT2D eigenvalue weighted by Gasteiger charge is -2.10. The number of ketones is 1. The number of aromatic amines is 1. The second-order valence-electron chi connectivity index (χ2n) is 6.57. The van der Waals surface area contributed by atoms with Crippen LogP contribution >= 0.6 is 0 Å². The number of carbonyl (C=O) groups is 1. The van der Waals surface area contributed by atoms with Gasteiger partial charge in [0.05, 0.1) is 23.6 Å². The molecule has 1 aromatic heterocycles. The van der Waals surface area contributed by atoms with Crippen LogP contribution in [0.15, 0.2) is 70.3 Å². The summed E-state index contributed by atoms with van der Waals surface area (Å²) in [6.07, 6.45) is 0. The largest absolute Gasteiger partial charge is 0.497 e. The molecule has 1 aliphatic rings. The number of ether oxygens (including phenoxy) is 1. The Balaban J connectivity index is 1.87. The summed E-state index contributed by atoms with van der Waals surface area (Å²) in [6.45, 7) is 0. The predicted molar refractivity (Wildman–Crippen MR) is 106 cm³/mol. The van der Waals surface area contributed by atoms with Crippen LogP contribution in [0.3, 0.4) is 0 Å². The maximum atomic E-state index is 13.1. The van der Waals surface area contributed by atoms with Crippen molar-refractivity contribution in [3.8, 4) is 22.6 Å². The molecular formula is C22H14N2O4. The molecule has 5 rings (SSSR count). The molecule has 3 aromatic carbocycles. The maximum Gasteiger partial charge on any atom is 0.277 e. The minimum absolute atomic E-state index is 0.135. The molecule has 6 nitrogen and oxygen atoms in total. The van der Waals surface area contributed by atoms with Crippen LogP contribution in [-0.4, -0.2) is 22.7 Å². The molecule has 1 N–H and O–H groups in total. The van der Waals surface area contributed by atoms with Gasteiger partial charge in [-0.25, -0.2) is 4.68 Å². The highest BCUT2D eigenvalue weighted by Gasteiger charge is 2.29. The number of rotatable bonds is 2. The van der Waals surface area contributed by atoms with Gasteiger partial charge in [-0.15, -0.1) is 0 Å². The second kappa shape index (κ2) is 5.79. The van der Waals surface area contributed by atoms with Crippen LogP contribution in [0, 0.1) is 0 Å². The first-order chi connectivity index (χ1) is 13.6. The Morgan fingerprint density at radius 1 is 0.857 bits per heavy atom. The number of benzene rings is 3. The quantitative estimate of drug-likeness (QED) is 0.518. The van der Waals surface area contributed by atoms with E-state index in [-0.39, 0.29) is 22.1 Å². The van der Waals surface area contributed by atoms with E-state index in [1.165, 1.54) is 11.8 Å². The molecular weight excluding hydrogens is 356 g/mol. The number of methoxy groups -OCH3 is 1. The van der Waals surface area contributed by atoms with E-state index in [1.807, 2.05) is 6.07 Å². The number of hydrogen-bond donors (Lipinski definition) is 1.